The van der Waals surface area contributed by atoms with Crippen LogP contribution in [-0.2, 0) is 5.54 Å². The van der Waals surface area contributed by atoms with E-state index in [4.69, 9.17) is 4.74 Å². The van der Waals surface area contributed by atoms with Gasteiger partial charge in [0.15, 0.2) is 0 Å². The molecule has 2 aliphatic rings. The molecule has 5 rings (SSSR count). The Bertz CT molecular complexity index is 1260. The molecule has 176 valence electrons. The molecular formula is C25H28N6O3. The molecule has 0 saturated carbocycles. The Hall–Kier alpha value is -3.75. The van der Waals surface area contributed by atoms with Crippen molar-refractivity contribution in [3.8, 4) is 5.88 Å². The predicted octanol–water partition coefficient (Wildman–Crippen LogP) is 3.43. The Morgan fingerprint density at radius 2 is 1.94 bits per heavy atom. The van der Waals surface area contributed by atoms with Crippen LogP contribution in [0.25, 0.3) is 0 Å². The molecule has 0 aliphatic carbocycles. The lowest BCUT2D eigenvalue weighted by molar-refractivity contribution is 0.0712. The molecule has 3 aromatic heterocycles. The van der Waals surface area contributed by atoms with Gasteiger partial charge >= 0.3 is 0 Å². The number of carbonyl (C=O) groups is 2. The summed E-state index contributed by atoms with van der Waals surface area (Å²) in [4.78, 5) is 38.8. The number of anilines is 1. The molecule has 9 heteroatoms. The van der Waals surface area contributed by atoms with Crippen LogP contribution in [0.4, 0.5) is 5.69 Å². The molecular weight excluding hydrogens is 432 g/mol. The third-order valence-corrected chi connectivity index (χ3v) is 6.97. The minimum Gasteiger partial charge on any atom is -0.481 e. The lowest BCUT2D eigenvalue weighted by atomic mass is 9.89. The number of likely N-dealkylation sites (tertiary alicyclic amines) is 1. The smallest absolute Gasteiger partial charge is 0.261 e. The fourth-order valence-electron chi connectivity index (χ4n) is 5.06. The lowest BCUT2D eigenvalue weighted by Gasteiger charge is -2.34. The molecule has 2 amide bonds. The summed E-state index contributed by atoms with van der Waals surface area (Å²) in [6.45, 7) is 7.16. The first kappa shape index (κ1) is 22.1. The van der Waals surface area contributed by atoms with Crippen molar-refractivity contribution in [1.29, 1.82) is 0 Å². The molecule has 34 heavy (non-hydrogen) atoms. The van der Waals surface area contributed by atoms with Gasteiger partial charge in [0.25, 0.3) is 11.8 Å². The Morgan fingerprint density at radius 3 is 2.62 bits per heavy atom. The van der Waals surface area contributed by atoms with Gasteiger partial charge in [-0.3, -0.25) is 24.6 Å². The second-order valence-corrected chi connectivity index (χ2v) is 9.40. The van der Waals surface area contributed by atoms with Crippen LogP contribution in [0.2, 0.25) is 0 Å². The molecule has 5 heterocycles. The molecule has 0 atom stereocenters. The quantitative estimate of drug-likeness (QED) is 0.640. The summed E-state index contributed by atoms with van der Waals surface area (Å²) in [5.74, 6) is 0.676. The van der Waals surface area contributed by atoms with Gasteiger partial charge in [-0.1, -0.05) is 0 Å². The van der Waals surface area contributed by atoms with Crippen molar-refractivity contribution in [3.05, 3.63) is 64.9 Å². The first-order valence-electron chi connectivity index (χ1n) is 11.5. The summed E-state index contributed by atoms with van der Waals surface area (Å²) in [7, 11) is 1.57. The van der Waals surface area contributed by atoms with Gasteiger partial charge in [0.2, 0.25) is 5.88 Å². The number of aromatic nitrogens is 4. The van der Waals surface area contributed by atoms with Crippen LogP contribution in [0.1, 0.15) is 70.3 Å². The molecule has 0 aromatic carbocycles. The number of ether oxygens (including phenoxy) is 1. The second-order valence-electron chi connectivity index (χ2n) is 9.40. The zero-order valence-corrected chi connectivity index (χ0v) is 19.8. The van der Waals surface area contributed by atoms with Crippen LogP contribution < -0.4 is 9.64 Å². The van der Waals surface area contributed by atoms with Crippen molar-refractivity contribution in [2.24, 2.45) is 0 Å². The maximum atomic E-state index is 13.3. The number of aryl methyl sites for hydroxylation is 1. The molecule has 1 N–H and O–H groups in total. The summed E-state index contributed by atoms with van der Waals surface area (Å²) < 4.78 is 5.28. The van der Waals surface area contributed by atoms with Gasteiger partial charge in [-0.15, -0.1) is 0 Å². The number of pyridine rings is 2. The van der Waals surface area contributed by atoms with Gasteiger partial charge in [0.1, 0.15) is 0 Å². The highest BCUT2D eigenvalue weighted by molar-refractivity contribution is 6.11. The number of rotatable bonds is 4. The van der Waals surface area contributed by atoms with Crippen molar-refractivity contribution >= 4 is 17.5 Å². The highest BCUT2D eigenvalue weighted by Gasteiger charge is 2.46. The average Bonchev–Trinajstić information content (AvgIpc) is 3.36. The number of amides is 2. The van der Waals surface area contributed by atoms with Gasteiger partial charge in [0.05, 0.1) is 47.6 Å². The number of piperidine rings is 1. The van der Waals surface area contributed by atoms with Crippen molar-refractivity contribution in [2.45, 2.75) is 45.1 Å². The number of fused-ring (bicyclic) bond motifs is 1. The second kappa shape index (κ2) is 8.23. The van der Waals surface area contributed by atoms with E-state index in [9.17, 15) is 9.59 Å². The zero-order valence-electron chi connectivity index (χ0n) is 19.8. The van der Waals surface area contributed by atoms with E-state index >= 15 is 0 Å². The summed E-state index contributed by atoms with van der Waals surface area (Å²) in [6.07, 6.45) is 6.86. The molecule has 1 saturated heterocycles. The zero-order chi connectivity index (χ0) is 24.0. The fraction of sp³-hybridized carbons (Fsp3) is 0.400. The number of methoxy groups -OCH3 is 1. The molecule has 3 aromatic rings. The van der Waals surface area contributed by atoms with Gasteiger partial charge in [-0.05, 0) is 57.2 Å². The van der Waals surface area contributed by atoms with Gasteiger partial charge in [-0.2, -0.15) is 5.10 Å². The van der Waals surface area contributed by atoms with Crippen LogP contribution in [0.3, 0.4) is 0 Å². The lowest BCUT2D eigenvalue weighted by Crippen LogP contribution is -2.40. The fourth-order valence-corrected chi connectivity index (χ4v) is 5.06. The van der Waals surface area contributed by atoms with Crippen LogP contribution in [0, 0.1) is 6.92 Å². The number of nitrogens with zero attached hydrogens (tertiary/aromatic N) is 5. The van der Waals surface area contributed by atoms with Crippen LogP contribution in [0.15, 0.2) is 36.8 Å². The van der Waals surface area contributed by atoms with Crippen LogP contribution in [0.5, 0.6) is 5.88 Å². The molecule has 0 radical (unpaired) electrons. The maximum absolute atomic E-state index is 13.3. The average molecular weight is 461 g/mol. The molecule has 0 bridgehead atoms. The molecule has 0 unspecified atom stereocenters. The van der Waals surface area contributed by atoms with Crippen molar-refractivity contribution in [1.82, 2.24) is 25.1 Å². The van der Waals surface area contributed by atoms with E-state index < -0.39 is 5.54 Å². The Balaban J connectivity index is 1.35. The molecule has 9 nitrogen and oxygen atoms in total. The maximum Gasteiger partial charge on any atom is 0.261 e. The Labute approximate surface area is 198 Å². The summed E-state index contributed by atoms with van der Waals surface area (Å²) in [5.41, 5.74) is 3.88. The van der Waals surface area contributed by atoms with E-state index in [1.165, 1.54) is 0 Å². The van der Waals surface area contributed by atoms with Crippen LogP contribution in [-0.4, -0.2) is 57.1 Å². The minimum atomic E-state index is -0.639. The van der Waals surface area contributed by atoms with E-state index in [0.29, 0.717) is 35.8 Å². The number of hydrogen-bond donors (Lipinski definition) is 1. The molecule has 0 spiro atoms. The number of carbonyl (C=O) groups excluding carboxylic acids is 2. The van der Waals surface area contributed by atoms with E-state index in [0.717, 1.165) is 29.8 Å². The largest absolute Gasteiger partial charge is 0.481 e. The SMILES string of the molecule is COc1ccc2c(n1)C(C)(C)N(c1cncc(C3CCN(C(=O)c4cn[nH]c4C)CC3)c1)C2=O. The topological polar surface area (TPSA) is 104 Å². The van der Waals surface area contributed by atoms with Crippen molar-refractivity contribution in [3.63, 3.8) is 0 Å². The van der Waals surface area contributed by atoms with Gasteiger partial charge in [-0.25, -0.2) is 4.98 Å². The summed E-state index contributed by atoms with van der Waals surface area (Å²) in [5, 5.41) is 6.80. The third-order valence-electron chi connectivity index (χ3n) is 6.97. The highest BCUT2D eigenvalue weighted by atomic mass is 16.5. The van der Waals surface area contributed by atoms with E-state index in [2.05, 4.69) is 26.2 Å². The van der Waals surface area contributed by atoms with Crippen LogP contribution >= 0.6 is 0 Å². The number of aromatic amines is 1. The number of hydrogen-bond acceptors (Lipinski definition) is 6. The monoisotopic (exact) mass is 460 g/mol. The van der Waals surface area contributed by atoms with E-state index in [1.54, 1.807) is 36.5 Å². The minimum absolute atomic E-state index is 0.0154. The standard InChI is InChI=1S/C25H28N6O3/c1-15-20(14-27-29-15)23(32)30-9-7-16(8-10-30)17-11-18(13-26-12-17)31-24(33)19-5-6-21(34-4)28-22(19)25(31,2)3/h5-6,11-14,16H,7-10H2,1-4H3,(H,27,29). The predicted molar refractivity (Wildman–Crippen MR) is 126 cm³/mol. The number of H-pyrrole nitrogens is 1. The third kappa shape index (κ3) is 3.52. The van der Waals surface area contributed by atoms with Crippen molar-refractivity contribution < 1.29 is 14.3 Å². The first-order valence-corrected chi connectivity index (χ1v) is 11.5. The number of nitrogens with one attached hydrogen (secondary N) is 1. The Morgan fingerprint density at radius 1 is 1.18 bits per heavy atom. The summed E-state index contributed by atoms with van der Waals surface area (Å²) >= 11 is 0. The van der Waals surface area contributed by atoms with Crippen molar-refractivity contribution in [2.75, 3.05) is 25.1 Å². The molecule has 2 aliphatic heterocycles. The molecule has 1 fully saturated rings. The normalized spacial score (nSPS) is 17.7. The highest BCUT2D eigenvalue weighted by Crippen LogP contribution is 2.42. The van der Waals surface area contributed by atoms with Gasteiger partial charge < -0.3 is 9.64 Å². The first-order chi connectivity index (χ1) is 16.3. The van der Waals surface area contributed by atoms with E-state index in [-0.39, 0.29) is 17.7 Å². The van der Waals surface area contributed by atoms with E-state index in [1.807, 2.05) is 31.9 Å². The Kier molecular flexibility index (Phi) is 5.34. The van der Waals surface area contributed by atoms with Gasteiger partial charge in [0, 0.05) is 31.0 Å². The summed E-state index contributed by atoms with van der Waals surface area (Å²) in [6, 6.07) is 5.54.